The van der Waals surface area contributed by atoms with E-state index in [1.807, 2.05) is 57.2 Å². The molecule has 106 valence electrons. The van der Waals surface area contributed by atoms with E-state index in [0.29, 0.717) is 6.42 Å². The highest BCUT2D eigenvalue weighted by molar-refractivity contribution is 6.06. The number of hydrogen-bond donors (Lipinski definition) is 1. The van der Waals surface area contributed by atoms with Gasteiger partial charge in [-0.2, -0.15) is 5.26 Å². The summed E-state index contributed by atoms with van der Waals surface area (Å²) in [6.45, 7) is 5.92. The van der Waals surface area contributed by atoms with Crippen LogP contribution in [0.5, 0.6) is 0 Å². The molecule has 21 heavy (non-hydrogen) atoms. The average molecular weight is 278 g/mol. The molecule has 2 rings (SSSR count). The average Bonchev–Trinajstić information content (AvgIpc) is 2.40. The van der Waals surface area contributed by atoms with Gasteiger partial charge in [0.25, 0.3) is 5.91 Å². The first-order chi connectivity index (χ1) is 10.0. The summed E-state index contributed by atoms with van der Waals surface area (Å²) in [6.07, 6.45) is 0.379. The highest BCUT2D eigenvalue weighted by Gasteiger charge is 2.12. The Labute approximate surface area is 125 Å². The Hall–Kier alpha value is -2.60. The van der Waals surface area contributed by atoms with Gasteiger partial charge in [0.05, 0.1) is 12.5 Å². The Morgan fingerprint density at radius 1 is 1.10 bits per heavy atom. The molecule has 0 atom stereocenters. The molecule has 0 aromatic heterocycles. The highest BCUT2D eigenvalue weighted by atomic mass is 16.1. The molecule has 0 saturated heterocycles. The van der Waals surface area contributed by atoms with Gasteiger partial charge in [-0.25, -0.2) is 0 Å². The number of nitrogens with zero attached hydrogens (tertiary/aromatic N) is 1. The number of carbonyl (C=O) groups excluding carboxylic acids is 1. The minimum absolute atomic E-state index is 0.0990. The van der Waals surface area contributed by atoms with Gasteiger partial charge in [0, 0.05) is 11.3 Å². The quantitative estimate of drug-likeness (QED) is 0.924. The van der Waals surface area contributed by atoms with Crippen molar-refractivity contribution in [1.82, 2.24) is 0 Å². The van der Waals surface area contributed by atoms with Crippen LogP contribution in [-0.4, -0.2) is 5.91 Å². The van der Waals surface area contributed by atoms with Crippen LogP contribution in [0.4, 0.5) is 5.69 Å². The van der Waals surface area contributed by atoms with E-state index in [-0.39, 0.29) is 5.91 Å². The molecule has 1 amide bonds. The summed E-state index contributed by atoms with van der Waals surface area (Å²) in [5.74, 6) is -0.0990. The maximum atomic E-state index is 12.4. The second-order valence-electron chi connectivity index (χ2n) is 5.26. The number of benzene rings is 2. The maximum Gasteiger partial charge on any atom is 0.256 e. The minimum Gasteiger partial charge on any atom is -0.322 e. The first-order valence-electron chi connectivity index (χ1n) is 6.86. The zero-order valence-electron chi connectivity index (χ0n) is 12.5. The normalized spacial score (nSPS) is 10.0. The number of amides is 1. The van der Waals surface area contributed by atoms with Crippen molar-refractivity contribution in [2.45, 2.75) is 27.2 Å². The summed E-state index contributed by atoms with van der Waals surface area (Å²) in [4.78, 5) is 12.4. The van der Waals surface area contributed by atoms with Gasteiger partial charge in [0.1, 0.15) is 0 Å². The Morgan fingerprint density at radius 3 is 2.19 bits per heavy atom. The molecule has 3 nitrogen and oxygen atoms in total. The molecule has 0 radical (unpaired) electrons. The van der Waals surface area contributed by atoms with Crippen molar-refractivity contribution in [3.63, 3.8) is 0 Å². The topological polar surface area (TPSA) is 52.9 Å². The van der Waals surface area contributed by atoms with E-state index in [0.717, 1.165) is 33.5 Å². The van der Waals surface area contributed by atoms with Gasteiger partial charge in [0.2, 0.25) is 0 Å². The molecule has 2 aromatic carbocycles. The van der Waals surface area contributed by atoms with Crippen molar-refractivity contribution in [3.8, 4) is 6.07 Å². The number of carbonyl (C=O) groups is 1. The second-order valence-corrected chi connectivity index (χ2v) is 5.26. The van der Waals surface area contributed by atoms with Crippen molar-refractivity contribution in [3.05, 3.63) is 64.2 Å². The number of nitrogens with one attached hydrogen (secondary N) is 1. The van der Waals surface area contributed by atoms with Crippen molar-refractivity contribution in [2.75, 3.05) is 5.32 Å². The van der Waals surface area contributed by atoms with Crippen molar-refractivity contribution in [2.24, 2.45) is 0 Å². The third kappa shape index (κ3) is 3.49. The Balaban J connectivity index is 2.20. The first kappa shape index (κ1) is 14.8. The predicted octanol–water partition coefficient (Wildman–Crippen LogP) is 3.93. The predicted molar refractivity (Wildman–Crippen MR) is 84.4 cm³/mol. The SMILES string of the molecule is Cc1cc(C)c(C(=O)Nc2ccc(CC#N)cc2)c(C)c1. The molecule has 0 aliphatic carbocycles. The zero-order chi connectivity index (χ0) is 15.4. The van der Waals surface area contributed by atoms with Gasteiger partial charge >= 0.3 is 0 Å². The van der Waals surface area contributed by atoms with E-state index in [9.17, 15) is 4.79 Å². The van der Waals surface area contributed by atoms with Crippen LogP contribution in [0, 0.1) is 32.1 Å². The smallest absolute Gasteiger partial charge is 0.256 e. The van der Waals surface area contributed by atoms with E-state index in [1.165, 1.54) is 0 Å². The minimum atomic E-state index is -0.0990. The summed E-state index contributed by atoms with van der Waals surface area (Å²) in [5.41, 5.74) is 5.51. The molecule has 2 aromatic rings. The van der Waals surface area contributed by atoms with Gasteiger partial charge in [0.15, 0.2) is 0 Å². The molecule has 0 heterocycles. The molecule has 0 saturated carbocycles. The molecule has 1 N–H and O–H groups in total. The summed E-state index contributed by atoms with van der Waals surface area (Å²) in [5, 5.41) is 11.6. The van der Waals surface area contributed by atoms with Crippen LogP contribution in [0.25, 0.3) is 0 Å². The standard InChI is InChI=1S/C18H18N2O/c1-12-10-13(2)17(14(3)11-12)18(21)20-16-6-4-15(5-7-16)8-9-19/h4-7,10-11H,8H2,1-3H3,(H,20,21). The van der Waals surface area contributed by atoms with E-state index in [1.54, 1.807) is 0 Å². The number of hydrogen-bond acceptors (Lipinski definition) is 2. The third-order valence-corrected chi connectivity index (χ3v) is 3.40. The molecule has 0 bridgehead atoms. The lowest BCUT2D eigenvalue weighted by molar-refractivity contribution is 0.102. The number of aryl methyl sites for hydroxylation is 3. The Bertz CT molecular complexity index is 686. The fourth-order valence-corrected chi connectivity index (χ4v) is 2.53. The number of nitriles is 1. The van der Waals surface area contributed by atoms with Crippen molar-refractivity contribution < 1.29 is 4.79 Å². The summed E-state index contributed by atoms with van der Waals surface area (Å²) in [7, 11) is 0. The van der Waals surface area contributed by atoms with Crippen molar-refractivity contribution >= 4 is 11.6 Å². The molecule has 0 fully saturated rings. The van der Waals surface area contributed by atoms with E-state index in [4.69, 9.17) is 5.26 Å². The lowest BCUT2D eigenvalue weighted by Crippen LogP contribution is -2.15. The highest BCUT2D eigenvalue weighted by Crippen LogP contribution is 2.18. The molecule has 0 spiro atoms. The van der Waals surface area contributed by atoms with Crippen LogP contribution in [0.1, 0.15) is 32.6 Å². The lowest BCUT2D eigenvalue weighted by Gasteiger charge is -2.12. The molecule has 0 aliphatic rings. The Kier molecular flexibility index (Phi) is 4.39. The maximum absolute atomic E-state index is 12.4. The van der Waals surface area contributed by atoms with Crippen LogP contribution in [0.3, 0.4) is 0 Å². The van der Waals surface area contributed by atoms with E-state index >= 15 is 0 Å². The largest absolute Gasteiger partial charge is 0.322 e. The molecular formula is C18H18N2O. The van der Waals surface area contributed by atoms with Crippen LogP contribution in [-0.2, 0) is 6.42 Å². The molecule has 0 aliphatic heterocycles. The second kappa shape index (κ2) is 6.23. The van der Waals surface area contributed by atoms with Crippen LogP contribution in [0.15, 0.2) is 36.4 Å². The summed E-state index contributed by atoms with van der Waals surface area (Å²) >= 11 is 0. The molecule has 3 heteroatoms. The Morgan fingerprint density at radius 2 is 1.67 bits per heavy atom. The number of anilines is 1. The number of rotatable bonds is 3. The van der Waals surface area contributed by atoms with Crippen LogP contribution >= 0.6 is 0 Å². The lowest BCUT2D eigenvalue weighted by atomic mass is 9.99. The van der Waals surface area contributed by atoms with Crippen molar-refractivity contribution in [1.29, 1.82) is 5.26 Å². The van der Waals surface area contributed by atoms with E-state index < -0.39 is 0 Å². The van der Waals surface area contributed by atoms with Gasteiger partial charge in [-0.15, -0.1) is 0 Å². The third-order valence-electron chi connectivity index (χ3n) is 3.40. The molecule has 0 unspecified atom stereocenters. The van der Waals surface area contributed by atoms with Crippen LogP contribution < -0.4 is 5.32 Å². The van der Waals surface area contributed by atoms with Gasteiger partial charge in [-0.3, -0.25) is 4.79 Å². The zero-order valence-corrected chi connectivity index (χ0v) is 12.5. The first-order valence-corrected chi connectivity index (χ1v) is 6.86. The van der Waals surface area contributed by atoms with Crippen LogP contribution in [0.2, 0.25) is 0 Å². The van der Waals surface area contributed by atoms with Gasteiger partial charge < -0.3 is 5.32 Å². The van der Waals surface area contributed by atoms with E-state index in [2.05, 4.69) is 11.4 Å². The summed E-state index contributed by atoms with van der Waals surface area (Å²) in [6, 6.07) is 13.5. The fourth-order valence-electron chi connectivity index (χ4n) is 2.53. The van der Waals surface area contributed by atoms with Gasteiger partial charge in [-0.1, -0.05) is 29.8 Å². The monoisotopic (exact) mass is 278 g/mol. The molecular weight excluding hydrogens is 260 g/mol. The summed E-state index contributed by atoms with van der Waals surface area (Å²) < 4.78 is 0. The van der Waals surface area contributed by atoms with Gasteiger partial charge in [-0.05, 0) is 49.6 Å². The fraction of sp³-hybridized carbons (Fsp3) is 0.222.